The first-order valence-corrected chi connectivity index (χ1v) is 4.34. The number of hydrogen-bond acceptors (Lipinski definition) is 2. The zero-order valence-electron chi connectivity index (χ0n) is 7.16. The van der Waals surface area contributed by atoms with Gasteiger partial charge in [0, 0.05) is 6.42 Å². The molecule has 13 heavy (non-hydrogen) atoms. The zero-order chi connectivity index (χ0) is 9.26. The highest BCUT2D eigenvalue weighted by molar-refractivity contribution is 5.78. The number of nitrogens with one attached hydrogen (secondary N) is 1. The molecule has 1 unspecified atom stereocenters. The molecule has 68 valence electrons. The molecule has 0 aliphatic carbocycles. The summed E-state index contributed by atoms with van der Waals surface area (Å²) in [5, 5.41) is 12.1. The van der Waals surface area contributed by atoms with E-state index in [1.807, 2.05) is 6.07 Å². The van der Waals surface area contributed by atoms with Crippen molar-refractivity contribution < 1.29 is 9.90 Å². The third-order valence-electron chi connectivity index (χ3n) is 2.27. The Morgan fingerprint density at radius 2 is 2.31 bits per heavy atom. The maximum atomic E-state index is 10.9. The summed E-state index contributed by atoms with van der Waals surface area (Å²) in [6.07, 6.45) is 1.41. The van der Waals surface area contributed by atoms with E-state index in [4.69, 9.17) is 0 Å². The third kappa shape index (κ3) is 1.64. The first-order valence-electron chi connectivity index (χ1n) is 4.34. The molecular weight excluding hydrogens is 166 g/mol. The molecule has 1 aromatic rings. The molecule has 2 N–H and O–H groups in total. The Kier molecular flexibility index (Phi) is 1.93. The molecule has 0 bridgehead atoms. The van der Waals surface area contributed by atoms with E-state index >= 15 is 0 Å². The minimum Gasteiger partial charge on any atom is -0.508 e. The molecule has 1 fully saturated rings. The minimum atomic E-state index is 0.0830. The van der Waals surface area contributed by atoms with Crippen LogP contribution in [0.5, 0.6) is 5.75 Å². The van der Waals surface area contributed by atoms with Gasteiger partial charge < -0.3 is 10.4 Å². The number of carbonyl (C=O) groups is 1. The summed E-state index contributed by atoms with van der Waals surface area (Å²) in [6, 6.07) is 7.10. The molecule has 0 radical (unpaired) electrons. The number of hydrogen-bond donors (Lipinski definition) is 2. The molecule has 1 heterocycles. The average Bonchev–Trinajstić information content (AvgIpc) is 2.52. The molecule has 3 nitrogen and oxygen atoms in total. The van der Waals surface area contributed by atoms with Crippen LogP contribution in [-0.2, 0) is 4.79 Å². The van der Waals surface area contributed by atoms with Crippen LogP contribution in [-0.4, -0.2) is 11.0 Å². The second-order valence-corrected chi connectivity index (χ2v) is 3.25. The van der Waals surface area contributed by atoms with Gasteiger partial charge in [-0.25, -0.2) is 0 Å². The van der Waals surface area contributed by atoms with Crippen LogP contribution >= 0.6 is 0 Å². The van der Waals surface area contributed by atoms with Crippen molar-refractivity contribution in [2.45, 2.75) is 18.9 Å². The molecule has 1 saturated heterocycles. The van der Waals surface area contributed by atoms with Gasteiger partial charge in [0.2, 0.25) is 5.91 Å². The van der Waals surface area contributed by atoms with Crippen LogP contribution in [0.25, 0.3) is 0 Å². The van der Waals surface area contributed by atoms with Crippen LogP contribution in [0.3, 0.4) is 0 Å². The number of carbonyl (C=O) groups excluding carboxylic acids is 1. The summed E-state index contributed by atoms with van der Waals surface area (Å²) < 4.78 is 0. The Morgan fingerprint density at radius 3 is 2.92 bits per heavy atom. The number of amides is 1. The Hall–Kier alpha value is -1.51. The first-order chi connectivity index (χ1) is 6.25. The summed E-state index contributed by atoms with van der Waals surface area (Å²) in [7, 11) is 0. The first kappa shape index (κ1) is 8.10. The lowest BCUT2D eigenvalue weighted by molar-refractivity contribution is -0.119. The second-order valence-electron chi connectivity index (χ2n) is 3.25. The summed E-state index contributed by atoms with van der Waals surface area (Å²) in [5.74, 6) is 0.340. The van der Waals surface area contributed by atoms with Gasteiger partial charge in [0.25, 0.3) is 0 Å². The fraction of sp³-hybridized carbons (Fsp3) is 0.300. The Morgan fingerprint density at radius 1 is 1.46 bits per heavy atom. The largest absolute Gasteiger partial charge is 0.508 e. The minimum absolute atomic E-state index is 0.0830. The van der Waals surface area contributed by atoms with Crippen molar-refractivity contribution >= 4 is 5.91 Å². The van der Waals surface area contributed by atoms with Gasteiger partial charge in [-0.1, -0.05) is 12.1 Å². The van der Waals surface area contributed by atoms with Gasteiger partial charge in [0.1, 0.15) is 5.75 Å². The second kappa shape index (κ2) is 3.09. The van der Waals surface area contributed by atoms with Crippen molar-refractivity contribution in [3.8, 4) is 5.75 Å². The van der Waals surface area contributed by atoms with E-state index in [1.165, 1.54) is 0 Å². The summed E-state index contributed by atoms with van der Waals surface area (Å²) in [5.41, 5.74) is 0.978. The Bertz CT molecular complexity index is 335. The van der Waals surface area contributed by atoms with Gasteiger partial charge in [-0.05, 0) is 24.1 Å². The number of aromatic hydroxyl groups is 1. The lowest BCUT2D eigenvalue weighted by Crippen LogP contribution is -2.18. The van der Waals surface area contributed by atoms with Crippen molar-refractivity contribution in [1.29, 1.82) is 0 Å². The molecule has 3 heteroatoms. The predicted molar refractivity (Wildman–Crippen MR) is 48.2 cm³/mol. The zero-order valence-corrected chi connectivity index (χ0v) is 7.16. The van der Waals surface area contributed by atoms with Crippen LogP contribution in [0.2, 0.25) is 0 Å². The molecular formula is C10H11NO2. The van der Waals surface area contributed by atoms with Gasteiger partial charge in [-0.15, -0.1) is 0 Å². The van der Waals surface area contributed by atoms with Crippen molar-refractivity contribution in [1.82, 2.24) is 5.32 Å². The number of rotatable bonds is 1. The smallest absolute Gasteiger partial charge is 0.220 e. The van der Waals surface area contributed by atoms with Crippen molar-refractivity contribution in [2.24, 2.45) is 0 Å². The Balaban J connectivity index is 2.21. The fourth-order valence-corrected chi connectivity index (χ4v) is 1.61. The molecule has 1 atom stereocenters. The normalized spacial score (nSPS) is 21.5. The molecule has 0 saturated carbocycles. The number of phenolic OH excluding ortho intramolecular Hbond substituents is 1. The molecule has 1 amide bonds. The van der Waals surface area contributed by atoms with Gasteiger partial charge in [0.15, 0.2) is 0 Å². The van der Waals surface area contributed by atoms with Gasteiger partial charge in [-0.2, -0.15) is 0 Å². The predicted octanol–water partition coefficient (Wildman–Crippen LogP) is 1.34. The van der Waals surface area contributed by atoms with E-state index in [1.54, 1.807) is 18.2 Å². The maximum Gasteiger partial charge on any atom is 0.220 e. The number of benzene rings is 1. The Labute approximate surface area is 76.4 Å². The summed E-state index contributed by atoms with van der Waals surface area (Å²) >= 11 is 0. The van der Waals surface area contributed by atoms with Crippen molar-refractivity contribution in [2.75, 3.05) is 0 Å². The van der Waals surface area contributed by atoms with E-state index in [0.717, 1.165) is 12.0 Å². The lowest BCUT2D eigenvalue weighted by atomic mass is 10.1. The van der Waals surface area contributed by atoms with Crippen molar-refractivity contribution in [3.05, 3.63) is 29.8 Å². The van der Waals surface area contributed by atoms with Gasteiger partial charge in [-0.3, -0.25) is 4.79 Å². The average molecular weight is 177 g/mol. The third-order valence-corrected chi connectivity index (χ3v) is 2.27. The summed E-state index contributed by atoms with van der Waals surface area (Å²) in [6.45, 7) is 0. The van der Waals surface area contributed by atoms with Crippen molar-refractivity contribution in [3.63, 3.8) is 0 Å². The topological polar surface area (TPSA) is 49.3 Å². The van der Waals surface area contributed by atoms with Crippen LogP contribution in [0.15, 0.2) is 24.3 Å². The lowest BCUT2D eigenvalue weighted by Gasteiger charge is -2.09. The van der Waals surface area contributed by atoms with E-state index < -0.39 is 0 Å². The maximum absolute atomic E-state index is 10.9. The molecule has 1 aliphatic heterocycles. The van der Waals surface area contributed by atoms with E-state index in [0.29, 0.717) is 6.42 Å². The molecule has 1 aliphatic rings. The van der Waals surface area contributed by atoms with Gasteiger partial charge >= 0.3 is 0 Å². The van der Waals surface area contributed by atoms with E-state index in [9.17, 15) is 9.90 Å². The SMILES string of the molecule is O=C1CCC(c2cccc(O)c2)N1. The monoisotopic (exact) mass is 177 g/mol. The summed E-state index contributed by atoms with van der Waals surface area (Å²) in [4.78, 5) is 10.9. The van der Waals surface area contributed by atoms with Crippen LogP contribution in [0.4, 0.5) is 0 Å². The van der Waals surface area contributed by atoms with Crippen LogP contribution < -0.4 is 5.32 Å². The van der Waals surface area contributed by atoms with E-state index in [2.05, 4.69) is 5.32 Å². The number of phenols is 1. The standard InChI is InChI=1S/C10H11NO2/c12-8-3-1-2-7(6-8)9-4-5-10(13)11-9/h1-3,6,9,12H,4-5H2,(H,11,13). The fourth-order valence-electron chi connectivity index (χ4n) is 1.61. The molecule has 0 spiro atoms. The van der Waals surface area contributed by atoms with E-state index in [-0.39, 0.29) is 17.7 Å². The quantitative estimate of drug-likeness (QED) is 0.680. The van der Waals surface area contributed by atoms with Crippen LogP contribution in [0, 0.1) is 0 Å². The van der Waals surface area contributed by atoms with Crippen LogP contribution in [0.1, 0.15) is 24.4 Å². The molecule has 0 aromatic heterocycles. The molecule has 2 rings (SSSR count). The molecule has 1 aromatic carbocycles. The highest BCUT2D eigenvalue weighted by Crippen LogP contribution is 2.25. The highest BCUT2D eigenvalue weighted by Gasteiger charge is 2.21. The van der Waals surface area contributed by atoms with Gasteiger partial charge in [0.05, 0.1) is 6.04 Å². The highest BCUT2D eigenvalue weighted by atomic mass is 16.3.